The maximum absolute atomic E-state index is 11.0. The van der Waals surface area contributed by atoms with Crippen LogP contribution in [-0.4, -0.2) is 5.91 Å². The maximum Gasteiger partial charge on any atom is 0.193 e. The average Bonchev–Trinajstić information content (AvgIpc) is 1.80. The number of rotatable bonds is 2. The minimum absolute atomic E-state index is 0. The summed E-state index contributed by atoms with van der Waals surface area (Å²) in [6.45, 7) is 11.7. The number of hydrogen-bond donors (Lipinski definition) is 1. The summed E-state index contributed by atoms with van der Waals surface area (Å²) in [6, 6.07) is 0. The Morgan fingerprint density at radius 2 is 1.75 bits per heavy atom. The SMILES string of the molecule is CC(C)C(=O)N[CH-]C(C)(C)C.[Y]. The molecule has 1 N–H and O–H groups in total. The van der Waals surface area contributed by atoms with Gasteiger partial charge in [0.2, 0.25) is 0 Å². The Morgan fingerprint density at radius 3 is 2.00 bits per heavy atom. The van der Waals surface area contributed by atoms with Crippen LogP contribution in [0, 0.1) is 17.9 Å². The Kier molecular flexibility index (Phi) is 7.65. The molecule has 0 saturated carbocycles. The minimum atomic E-state index is 0. The van der Waals surface area contributed by atoms with Crippen molar-refractivity contribution in [1.29, 1.82) is 0 Å². The van der Waals surface area contributed by atoms with E-state index in [0.29, 0.717) is 0 Å². The zero-order chi connectivity index (χ0) is 9.07. The van der Waals surface area contributed by atoms with E-state index >= 15 is 0 Å². The summed E-state index contributed by atoms with van der Waals surface area (Å²) in [5.41, 5.74) is 0.0601. The zero-order valence-corrected chi connectivity index (χ0v) is 11.5. The van der Waals surface area contributed by atoms with Gasteiger partial charge in [0.15, 0.2) is 5.91 Å². The third kappa shape index (κ3) is 8.67. The van der Waals surface area contributed by atoms with E-state index in [-0.39, 0.29) is 49.9 Å². The molecule has 1 radical (unpaired) electrons. The van der Waals surface area contributed by atoms with Crippen molar-refractivity contribution in [3.63, 3.8) is 0 Å². The van der Waals surface area contributed by atoms with E-state index in [1.165, 1.54) is 0 Å². The third-order valence-corrected chi connectivity index (χ3v) is 1.17. The van der Waals surface area contributed by atoms with Gasteiger partial charge < -0.3 is 5.32 Å². The molecule has 0 spiro atoms. The number of hydrogen-bond acceptors (Lipinski definition) is 1. The molecular weight excluding hydrogens is 227 g/mol. The molecule has 0 aromatic rings. The number of carbonyl (C=O) groups excluding carboxylic acids is 1. The molecule has 0 aromatic carbocycles. The molecular formula is C9H18NOY-. The molecule has 0 aromatic heterocycles. The molecule has 0 bridgehead atoms. The normalized spacial score (nSPS) is 10.8. The van der Waals surface area contributed by atoms with E-state index < -0.39 is 0 Å². The van der Waals surface area contributed by atoms with Crippen LogP contribution in [0.1, 0.15) is 34.6 Å². The van der Waals surface area contributed by atoms with Crippen molar-refractivity contribution in [2.45, 2.75) is 34.6 Å². The van der Waals surface area contributed by atoms with Crippen LogP contribution in [-0.2, 0) is 37.5 Å². The van der Waals surface area contributed by atoms with Gasteiger partial charge in [-0.05, 0) is 0 Å². The molecule has 0 aliphatic carbocycles. The monoisotopic (exact) mass is 245 g/mol. The van der Waals surface area contributed by atoms with Gasteiger partial charge in [0.25, 0.3) is 0 Å². The minimum Gasteiger partial charge on any atom is -0.505 e. The number of nitrogens with one attached hydrogen (secondary N) is 1. The van der Waals surface area contributed by atoms with Gasteiger partial charge in [-0.2, -0.15) is 0 Å². The van der Waals surface area contributed by atoms with Crippen LogP contribution < -0.4 is 5.32 Å². The van der Waals surface area contributed by atoms with Gasteiger partial charge in [-0.15, -0.1) is 5.41 Å². The molecule has 0 fully saturated rings. The molecule has 2 nitrogen and oxygen atoms in total. The summed E-state index contributed by atoms with van der Waals surface area (Å²) in [5.74, 6) is 0.147. The Morgan fingerprint density at radius 1 is 1.33 bits per heavy atom. The van der Waals surface area contributed by atoms with Crippen molar-refractivity contribution in [3.05, 3.63) is 6.54 Å². The number of carbonyl (C=O) groups is 1. The Balaban J connectivity index is 0. The second kappa shape index (κ2) is 6.09. The summed E-state index contributed by atoms with van der Waals surface area (Å²) in [4.78, 5) is 11.0. The summed E-state index contributed by atoms with van der Waals surface area (Å²) in [6.07, 6.45) is 0. The fourth-order valence-corrected chi connectivity index (χ4v) is 0.454. The van der Waals surface area contributed by atoms with Gasteiger partial charge in [0.1, 0.15) is 0 Å². The average molecular weight is 245 g/mol. The van der Waals surface area contributed by atoms with Gasteiger partial charge in [0.05, 0.1) is 0 Å². The van der Waals surface area contributed by atoms with E-state index in [9.17, 15) is 4.79 Å². The van der Waals surface area contributed by atoms with Crippen molar-refractivity contribution in [2.24, 2.45) is 11.3 Å². The molecule has 1 amide bonds. The van der Waals surface area contributed by atoms with Crippen LogP contribution in [0.5, 0.6) is 0 Å². The first kappa shape index (κ1) is 15.1. The molecule has 0 aliphatic rings. The predicted molar refractivity (Wildman–Crippen MR) is 46.7 cm³/mol. The topological polar surface area (TPSA) is 29.1 Å². The predicted octanol–water partition coefficient (Wildman–Crippen LogP) is 1.96. The first-order valence-corrected chi connectivity index (χ1v) is 3.97. The van der Waals surface area contributed by atoms with Crippen molar-refractivity contribution in [3.8, 4) is 0 Å². The van der Waals surface area contributed by atoms with Crippen molar-refractivity contribution in [1.82, 2.24) is 5.32 Å². The molecule has 69 valence electrons. The Hall–Kier alpha value is 0.574. The summed E-state index contributed by atoms with van der Waals surface area (Å²) in [7, 11) is 0. The van der Waals surface area contributed by atoms with Gasteiger partial charge in [-0.25, -0.2) is 6.54 Å². The van der Waals surface area contributed by atoms with Crippen LogP contribution in [0.15, 0.2) is 0 Å². The first-order valence-electron chi connectivity index (χ1n) is 3.97. The van der Waals surface area contributed by atoms with E-state index in [1.807, 2.05) is 41.2 Å². The number of amides is 1. The maximum atomic E-state index is 11.0. The van der Waals surface area contributed by atoms with Crippen LogP contribution >= 0.6 is 0 Å². The summed E-state index contributed by atoms with van der Waals surface area (Å²) < 4.78 is 0. The van der Waals surface area contributed by atoms with Crippen LogP contribution in [0.3, 0.4) is 0 Å². The fraction of sp³-hybridized carbons (Fsp3) is 0.778. The molecule has 3 heteroatoms. The summed E-state index contributed by atoms with van der Waals surface area (Å²) in [5, 5.41) is 2.76. The van der Waals surface area contributed by atoms with Gasteiger partial charge in [0, 0.05) is 38.6 Å². The van der Waals surface area contributed by atoms with E-state index in [1.54, 1.807) is 0 Å². The molecule has 0 saturated heterocycles. The van der Waals surface area contributed by atoms with E-state index in [2.05, 4.69) is 5.32 Å². The van der Waals surface area contributed by atoms with Gasteiger partial charge in [-0.1, -0.05) is 34.6 Å². The molecule has 0 heterocycles. The van der Waals surface area contributed by atoms with Crippen LogP contribution in [0.4, 0.5) is 0 Å². The zero-order valence-electron chi connectivity index (χ0n) is 8.64. The fourth-order valence-electron chi connectivity index (χ4n) is 0.454. The Bertz CT molecular complexity index is 138. The largest absolute Gasteiger partial charge is 0.505 e. The third-order valence-electron chi connectivity index (χ3n) is 1.17. The second-order valence-corrected chi connectivity index (χ2v) is 4.17. The molecule has 0 unspecified atom stereocenters. The molecule has 0 aliphatic heterocycles. The van der Waals surface area contributed by atoms with Crippen molar-refractivity contribution in [2.75, 3.05) is 0 Å². The van der Waals surface area contributed by atoms with E-state index in [4.69, 9.17) is 0 Å². The van der Waals surface area contributed by atoms with Gasteiger partial charge in [-0.3, -0.25) is 4.79 Å². The van der Waals surface area contributed by atoms with Crippen LogP contribution in [0.2, 0.25) is 0 Å². The second-order valence-electron chi connectivity index (χ2n) is 4.17. The molecule has 0 atom stereocenters. The Labute approximate surface area is 101 Å². The van der Waals surface area contributed by atoms with Crippen LogP contribution in [0.25, 0.3) is 0 Å². The van der Waals surface area contributed by atoms with Gasteiger partial charge >= 0.3 is 0 Å². The summed E-state index contributed by atoms with van der Waals surface area (Å²) >= 11 is 0. The van der Waals surface area contributed by atoms with Crippen molar-refractivity contribution >= 4 is 5.91 Å². The smallest absolute Gasteiger partial charge is 0.193 e. The first-order chi connectivity index (χ1) is 4.83. The van der Waals surface area contributed by atoms with E-state index in [0.717, 1.165) is 0 Å². The standard InChI is InChI=1S/C9H18NO.Y/c1-7(2)8(11)10-6-9(3,4)5;/h6-7H,1-5H3,(H,10,11);/q-1;. The quantitative estimate of drug-likeness (QED) is 0.740. The van der Waals surface area contributed by atoms with Crippen molar-refractivity contribution < 1.29 is 37.5 Å². The molecule has 12 heavy (non-hydrogen) atoms. The molecule has 0 rings (SSSR count).